The van der Waals surface area contributed by atoms with Crippen molar-refractivity contribution in [2.24, 2.45) is 0 Å². The Morgan fingerprint density at radius 3 is 2.81 bits per heavy atom. The molecule has 0 saturated carbocycles. The molecule has 88 valence electrons. The Labute approximate surface area is 95.7 Å². The number of benzene rings is 1. The van der Waals surface area contributed by atoms with E-state index in [1.54, 1.807) is 7.11 Å². The number of nitrogens with zero attached hydrogens (tertiary/aromatic N) is 1. The normalized spacial score (nSPS) is 16.3. The molecule has 1 heterocycles. The Morgan fingerprint density at radius 2 is 2.12 bits per heavy atom. The van der Waals surface area contributed by atoms with Gasteiger partial charge in [0.05, 0.1) is 20.4 Å². The minimum atomic E-state index is 0.656. The van der Waals surface area contributed by atoms with Gasteiger partial charge in [0, 0.05) is 13.1 Å². The zero-order chi connectivity index (χ0) is 11.2. The fourth-order valence-corrected chi connectivity index (χ4v) is 1.65. The molecule has 0 N–H and O–H groups in total. The lowest BCUT2D eigenvalue weighted by Crippen LogP contribution is -2.25. The first-order valence-corrected chi connectivity index (χ1v) is 5.46. The summed E-state index contributed by atoms with van der Waals surface area (Å²) in [4.78, 5) is 2.22. The van der Waals surface area contributed by atoms with E-state index in [9.17, 15) is 0 Å². The Bertz CT molecular complexity index is 324. The van der Waals surface area contributed by atoms with Crippen LogP contribution in [0.1, 0.15) is 0 Å². The number of methoxy groups -OCH3 is 1. The molecule has 1 aliphatic rings. The summed E-state index contributed by atoms with van der Waals surface area (Å²) in [5, 5.41) is 0. The zero-order valence-corrected chi connectivity index (χ0v) is 9.52. The minimum absolute atomic E-state index is 0.656. The summed E-state index contributed by atoms with van der Waals surface area (Å²) in [6.45, 7) is 4.08. The SMILES string of the molecule is COc1ccccc1OCCN1CCOC1. The molecule has 1 aliphatic heterocycles. The number of hydrogen-bond donors (Lipinski definition) is 0. The van der Waals surface area contributed by atoms with Crippen molar-refractivity contribution in [3.63, 3.8) is 0 Å². The molecule has 0 aliphatic carbocycles. The molecule has 4 heteroatoms. The predicted octanol–water partition coefficient (Wildman–Crippen LogP) is 1.36. The van der Waals surface area contributed by atoms with Gasteiger partial charge in [0.25, 0.3) is 0 Å². The van der Waals surface area contributed by atoms with Crippen molar-refractivity contribution in [2.45, 2.75) is 0 Å². The van der Waals surface area contributed by atoms with Crippen molar-refractivity contribution in [1.29, 1.82) is 0 Å². The summed E-state index contributed by atoms with van der Waals surface area (Å²) in [6, 6.07) is 7.68. The monoisotopic (exact) mass is 223 g/mol. The average Bonchev–Trinajstić information content (AvgIpc) is 2.83. The van der Waals surface area contributed by atoms with Crippen molar-refractivity contribution in [2.75, 3.05) is 40.1 Å². The van der Waals surface area contributed by atoms with Gasteiger partial charge in [-0.3, -0.25) is 4.90 Å². The first-order chi connectivity index (χ1) is 7.90. The molecular formula is C12H17NO3. The van der Waals surface area contributed by atoms with Gasteiger partial charge in [-0.25, -0.2) is 0 Å². The van der Waals surface area contributed by atoms with E-state index in [2.05, 4.69) is 4.90 Å². The number of para-hydroxylation sites is 2. The molecule has 0 aromatic heterocycles. The molecular weight excluding hydrogens is 206 g/mol. The Kier molecular flexibility index (Phi) is 4.02. The van der Waals surface area contributed by atoms with Gasteiger partial charge in [0.2, 0.25) is 0 Å². The molecule has 0 unspecified atom stereocenters. The maximum absolute atomic E-state index is 5.67. The minimum Gasteiger partial charge on any atom is -0.493 e. The smallest absolute Gasteiger partial charge is 0.161 e. The highest BCUT2D eigenvalue weighted by Crippen LogP contribution is 2.25. The molecule has 0 radical (unpaired) electrons. The number of ether oxygens (including phenoxy) is 3. The van der Waals surface area contributed by atoms with Crippen molar-refractivity contribution in [3.8, 4) is 11.5 Å². The van der Waals surface area contributed by atoms with E-state index in [4.69, 9.17) is 14.2 Å². The second-order valence-corrected chi connectivity index (χ2v) is 3.65. The van der Waals surface area contributed by atoms with Crippen LogP contribution in [0.15, 0.2) is 24.3 Å². The molecule has 1 aromatic carbocycles. The highest BCUT2D eigenvalue weighted by Gasteiger charge is 2.11. The maximum atomic E-state index is 5.67. The van der Waals surface area contributed by atoms with Gasteiger partial charge >= 0.3 is 0 Å². The van der Waals surface area contributed by atoms with E-state index in [1.807, 2.05) is 24.3 Å². The predicted molar refractivity (Wildman–Crippen MR) is 60.9 cm³/mol. The number of hydrogen-bond acceptors (Lipinski definition) is 4. The second-order valence-electron chi connectivity index (χ2n) is 3.65. The molecule has 1 aromatic rings. The van der Waals surface area contributed by atoms with Crippen molar-refractivity contribution >= 4 is 0 Å². The van der Waals surface area contributed by atoms with E-state index in [0.717, 1.165) is 37.9 Å². The highest BCUT2D eigenvalue weighted by molar-refractivity contribution is 5.39. The van der Waals surface area contributed by atoms with Gasteiger partial charge in [-0.1, -0.05) is 12.1 Å². The van der Waals surface area contributed by atoms with Crippen LogP contribution in [-0.4, -0.2) is 45.0 Å². The van der Waals surface area contributed by atoms with Crippen LogP contribution in [0.25, 0.3) is 0 Å². The van der Waals surface area contributed by atoms with Gasteiger partial charge in [-0.2, -0.15) is 0 Å². The van der Waals surface area contributed by atoms with E-state index in [-0.39, 0.29) is 0 Å². The lowest BCUT2D eigenvalue weighted by atomic mass is 10.3. The second kappa shape index (κ2) is 5.72. The molecule has 16 heavy (non-hydrogen) atoms. The summed E-state index contributed by atoms with van der Waals surface area (Å²) in [5.41, 5.74) is 0. The van der Waals surface area contributed by atoms with E-state index < -0.39 is 0 Å². The highest BCUT2D eigenvalue weighted by atomic mass is 16.5. The van der Waals surface area contributed by atoms with E-state index in [0.29, 0.717) is 6.61 Å². The summed E-state index contributed by atoms with van der Waals surface area (Å²) in [7, 11) is 1.65. The summed E-state index contributed by atoms with van der Waals surface area (Å²) in [5.74, 6) is 1.57. The largest absolute Gasteiger partial charge is 0.493 e. The van der Waals surface area contributed by atoms with Gasteiger partial charge in [0.15, 0.2) is 11.5 Å². The Hall–Kier alpha value is -1.26. The third kappa shape index (κ3) is 2.87. The Morgan fingerprint density at radius 1 is 1.31 bits per heavy atom. The average molecular weight is 223 g/mol. The molecule has 0 amide bonds. The zero-order valence-electron chi connectivity index (χ0n) is 9.52. The fraction of sp³-hybridized carbons (Fsp3) is 0.500. The van der Waals surface area contributed by atoms with Crippen LogP contribution < -0.4 is 9.47 Å². The topological polar surface area (TPSA) is 30.9 Å². The molecule has 0 spiro atoms. The third-order valence-electron chi connectivity index (χ3n) is 2.56. The molecule has 4 nitrogen and oxygen atoms in total. The third-order valence-corrected chi connectivity index (χ3v) is 2.56. The molecule has 2 rings (SSSR count). The summed E-state index contributed by atoms with van der Waals surface area (Å²) >= 11 is 0. The molecule has 1 fully saturated rings. The standard InChI is InChI=1S/C12H17NO3/c1-14-11-4-2-3-5-12(11)16-9-7-13-6-8-15-10-13/h2-5H,6-10H2,1H3. The van der Waals surface area contributed by atoms with Crippen LogP contribution in [0.3, 0.4) is 0 Å². The number of rotatable bonds is 5. The van der Waals surface area contributed by atoms with Crippen molar-refractivity contribution in [1.82, 2.24) is 4.90 Å². The molecule has 0 bridgehead atoms. The fourth-order valence-electron chi connectivity index (χ4n) is 1.65. The molecule has 0 atom stereocenters. The van der Waals surface area contributed by atoms with Crippen LogP contribution in [0.2, 0.25) is 0 Å². The van der Waals surface area contributed by atoms with Crippen LogP contribution in [-0.2, 0) is 4.74 Å². The van der Waals surface area contributed by atoms with Crippen LogP contribution >= 0.6 is 0 Å². The maximum Gasteiger partial charge on any atom is 0.161 e. The van der Waals surface area contributed by atoms with Crippen LogP contribution in [0.4, 0.5) is 0 Å². The van der Waals surface area contributed by atoms with Crippen LogP contribution in [0, 0.1) is 0 Å². The first-order valence-electron chi connectivity index (χ1n) is 5.46. The van der Waals surface area contributed by atoms with Gasteiger partial charge in [-0.05, 0) is 12.1 Å². The van der Waals surface area contributed by atoms with Gasteiger partial charge in [0.1, 0.15) is 6.61 Å². The molecule has 1 saturated heterocycles. The van der Waals surface area contributed by atoms with Crippen molar-refractivity contribution < 1.29 is 14.2 Å². The summed E-state index contributed by atoms with van der Waals surface area (Å²) < 4.78 is 16.1. The van der Waals surface area contributed by atoms with E-state index >= 15 is 0 Å². The summed E-state index contributed by atoms with van der Waals surface area (Å²) in [6.07, 6.45) is 0. The van der Waals surface area contributed by atoms with Gasteiger partial charge < -0.3 is 14.2 Å². The lowest BCUT2D eigenvalue weighted by molar-refractivity contribution is 0.128. The lowest BCUT2D eigenvalue weighted by Gasteiger charge is -2.14. The van der Waals surface area contributed by atoms with E-state index in [1.165, 1.54) is 0 Å². The van der Waals surface area contributed by atoms with Gasteiger partial charge in [-0.15, -0.1) is 0 Å². The quantitative estimate of drug-likeness (QED) is 0.754. The Balaban J connectivity index is 1.79. The van der Waals surface area contributed by atoms with Crippen LogP contribution in [0.5, 0.6) is 11.5 Å². The van der Waals surface area contributed by atoms with Crippen molar-refractivity contribution in [3.05, 3.63) is 24.3 Å². The first kappa shape index (κ1) is 11.2.